The number of carbonyl (C=O) groups is 1. The zero-order valence-electron chi connectivity index (χ0n) is 15.2. The molecule has 1 aromatic rings. The van der Waals surface area contributed by atoms with Crippen molar-refractivity contribution in [3.8, 4) is 6.07 Å². The topological polar surface area (TPSA) is 56.1 Å². The van der Waals surface area contributed by atoms with E-state index in [2.05, 4.69) is 23.2 Å². The Morgan fingerprint density at radius 3 is 2.40 bits per heavy atom. The molecule has 0 unspecified atom stereocenters. The number of nitrogens with one attached hydrogen (secondary N) is 1. The number of anilines is 1. The van der Waals surface area contributed by atoms with E-state index in [-0.39, 0.29) is 5.91 Å². The lowest BCUT2D eigenvalue weighted by Crippen LogP contribution is -2.41. The van der Waals surface area contributed by atoms with Crippen LogP contribution in [-0.2, 0) is 4.79 Å². The Balaban J connectivity index is 1.52. The first-order valence-corrected chi connectivity index (χ1v) is 9.76. The molecule has 2 aliphatic carbocycles. The molecule has 0 spiro atoms. The molecule has 4 nitrogen and oxygen atoms in total. The minimum absolute atomic E-state index is 0.00981. The molecular formula is C21H29N3O. The quantitative estimate of drug-likeness (QED) is 0.805. The molecule has 1 aromatic carbocycles. The van der Waals surface area contributed by atoms with Crippen LogP contribution < -0.4 is 5.32 Å². The van der Waals surface area contributed by atoms with Crippen LogP contribution in [0, 0.1) is 17.2 Å². The molecule has 2 aliphatic rings. The zero-order valence-corrected chi connectivity index (χ0v) is 15.2. The monoisotopic (exact) mass is 339 g/mol. The van der Waals surface area contributed by atoms with Crippen molar-refractivity contribution in [2.45, 2.75) is 70.4 Å². The number of rotatable bonds is 7. The lowest BCUT2D eigenvalue weighted by atomic mass is 9.84. The van der Waals surface area contributed by atoms with Crippen molar-refractivity contribution >= 4 is 11.6 Å². The first kappa shape index (κ1) is 17.9. The molecule has 134 valence electrons. The molecule has 1 N–H and O–H groups in total. The Hall–Kier alpha value is -1.86. The van der Waals surface area contributed by atoms with E-state index in [1.165, 1.54) is 44.9 Å². The van der Waals surface area contributed by atoms with Crippen LogP contribution in [0.15, 0.2) is 24.3 Å². The first-order valence-electron chi connectivity index (χ1n) is 9.76. The zero-order chi connectivity index (χ0) is 17.6. The van der Waals surface area contributed by atoms with Crippen molar-refractivity contribution in [3.05, 3.63) is 29.8 Å². The normalized spacial score (nSPS) is 23.2. The molecule has 0 atom stereocenters. The van der Waals surface area contributed by atoms with Crippen molar-refractivity contribution in [2.75, 3.05) is 11.9 Å². The highest BCUT2D eigenvalue weighted by atomic mass is 16.1. The van der Waals surface area contributed by atoms with Gasteiger partial charge in [0.25, 0.3) is 0 Å². The van der Waals surface area contributed by atoms with Gasteiger partial charge >= 0.3 is 0 Å². The van der Waals surface area contributed by atoms with Crippen molar-refractivity contribution in [2.24, 2.45) is 5.92 Å². The number of para-hydroxylation sites is 1. The molecule has 0 radical (unpaired) electrons. The second kappa shape index (κ2) is 8.49. The van der Waals surface area contributed by atoms with Crippen molar-refractivity contribution in [3.63, 3.8) is 0 Å². The number of hydrogen-bond donors (Lipinski definition) is 1. The predicted octanol–water partition coefficient (Wildman–Crippen LogP) is 4.32. The van der Waals surface area contributed by atoms with Crippen molar-refractivity contribution in [1.29, 1.82) is 5.26 Å². The second-order valence-electron chi connectivity index (χ2n) is 7.51. The fraction of sp³-hybridized carbons (Fsp3) is 0.619. The van der Waals surface area contributed by atoms with Gasteiger partial charge in [-0.2, -0.15) is 5.26 Å². The largest absolute Gasteiger partial charge is 0.325 e. The van der Waals surface area contributed by atoms with Crippen LogP contribution in [0.3, 0.4) is 0 Å². The van der Waals surface area contributed by atoms with Gasteiger partial charge in [0.1, 0.15) is 6.07 Å². The van der Waals surface area contributed by atoms with E-state index in [1.807, 2.05) is 12.1 Å². The third-order valence-electron chi connectivity index (χ3n) is 5.80. The Morgan fingerprint density at radius 1 is 1.16 bits per heavy atom. The predicted molar refractivity (Wildman–Crippen MR) is 100 cm³/mol. The Kier molecular flexibility index (Phi) is 6.09. The van der Waals surface area contributed by atoms with Gasteiger partial charge in [-0.25, -0.2) is 0 Å². The number of amides is 1. The van der Waals surface area contributed by atoms with Crippen molar-refractivity contribution in [1.82, 2.24) is 4.90 Å². The molecule has 2 saturated carbocycles. The van der Waals surface area contributed by atoms with Crippen LogP contribution in [-0.4, -0.2) is 29.4 Å². The van der Waals surface area contributed by atoms with E-state index in [9.17, 15) is 4.79 Å². The summed E-state index contributed by atoms with van der Waals surface area (Å²) in [5.74, 6) is 0.915. The minimum atomic E-state index is 0.00981. The van der Waals surface area contributed by atoms with E-state index in [0.717, 1.165) is 12.5 Å². The maximum Gasteiger partial charge on any atom is 0.225 e. The van der Waals surface area contributed by atoms with Crippen molar-refractivity contribution < 1.29 is 4.79 Å². The molecular weight excluding hydrogens is 310 g/mol. The molecule has 0 bridgehead atoms. The number of benzene rings is 1. The van der Waals surface area contributed by atoms with Crippen LogP contribution in [0.1, 0.15) is 63.9 Å². The first-order chi connectivity index (χ1) is 12.2. The lowest BCUT2D eigenvalue weighted by Gasteiger charge is -2.37. The van der Waals surface area contributed by atoms with E-state index in [0.29, 0.717) is 29.8 Å². The fourth-order valence-corrected chi connectivity index (χ4v) is 4.09. The third-order valence-corrected chi connectivity index (χ3v) is 5.80. The van der Waals surface area contributed by atoms with Crippen LogP contribution >= 0.6 is 0 Å². The Bertz CT molecular complexity index is 624. The summed E-state index contributed by atoms with van der Waals surface area (Å²) in [5, 5.41) is 12.0. The highest BCUT2D eigenvalue weighted by Crippen LogP contribution is 2.36. The molecule has 4 heteroatoms. The van der Waals surface area contributed by atoms with Gasteiger partial charge in [-0.1, -0.05) is 25.5 Å². The molecule has 0 aromatic heterocycles. The number of carbonyl (C=O) groups excluding carboxylic acids is 1. The lowest BCUT2D eigenvalue weighted by molar-refractivity contribution is -0.116. The molecule has 0 saturated heterocycles. The fourth-order valence-electron chi connectivity index (χ4n) is 4.09. The summed E-state index contributed by atoms with van der Waals surface area (Å²) in [6.45, 7) is 3.14. The smallest absolute Gasteiger partial charge is 0.225 e. The maximum atomic E-state index is 12.4. The molecule has 1 amide bonds. The standard InChI is InChI=1S/C21H29N3O/c1-2-16-7-9-18(10-8-16)24(19-11-12-19)14-13-21(25)23-20-6-4-3-5-17(20)15-22/h3-6,16,18-19H,2,7-14H2,1H3,(H,23,25). The highest BCUT2D eigenvalue weighted by Gasteiger charge is 2.35. The molecule has 0 aliphatic heterocycles. The van der Waals surface area contributed by atoms with Crippen LogP contribution in [0.5, 0.6) is 0 Å². The maximum absolute atomic E-state index is 12.4. The van der Waals surface area contributed by atoms with Crippen LogP contribution in [0.4, 0.5) is 5.69 Å². The van der Waals surface area contributed by atoms with Gasteiger partial charge < -0.3 is 5.32 Å². The van der Waals surface area contributed by atoms with Crippen LogP contribution in [0.25, 0.3) is 0 Å². The SMILES string of the molecule is CCC1CCC(N(CCC(=O)Nc2ccccc2C#N)C2CC2)CC1. The highest BCUT2D eigenvalue weighted by molar-refractivity contribution is 5.92. The average molecular weight is 339 g/mol. The van der Waals surface area contributed by atoms with E-state index in [4.69, 9.17) is 5.26 Å². The van der Waals surface area contributed by atoms with E-state index < -0.39 is 0 Å². The summed E-state index contributed by atoms with van der Waals surface area (Å²) in [7, 11) is 0. The van der Waals surface area contributed by atoms with E-state index in [1.54, 1.807) is 12.1 Å². The summed E-state index contributed by atoms with van der Waals surface area (Å²) in [4.78, 5) is 15.0. The summed E-state index contributed by atoms with van der Waals surface area (Å²) in [5.41, 5.74) is 1.14. The van der Waals surface area contributed by atoms with E-state index >= 15 is 0 Å². The number of nitriles is 1. The third kappa shape index (κ3) is 4.83. The van der Waals surface area contributed by atoms with Gasteiger partial charge in [0.15, 0.2) is 0 Å². The summed E-state index contributed by atoms with van der Waals surface area (Å²) in [6.07, 6.45) is 9.63. The van der Waals surface area contributed by atoms with Gasteiger partial charge in [-0.15, -0.1) is 0 Å². The summed E-state index contributed by atoms with van der Waals surface area (Å²) < 4.78 is 0. The molecule has 2 fully saturated rings. The molecule has 0 heterocycles. The molecule has 25 heavy (non-hydrogen) atoms. The Labute approximate surface area is 151 Å². The minimum Gasteiger partial charge on any atom is -0.325 e. The number of hydrogen-bond acceptors (Lipinski definition) is 3. The van der Waals surface area contributed by atoms with Gasteiger partial charge in [0, 0.05) is 25.0 Å². The van der Waals surface area contributed by atoms with Gasteiger partial charge in [0.2, 0.25) is 5.91 Å². The number of nitrogens with zero attached hydrogens (tertiary/aromatic N) is 2. The van der Waals surface area contributed by atoms with Gasteiger partial charge in [0.05, 0.1) is 11.3 Å². The van der Waals surface area contributed by atoms with Gasteiger partial charge in [-0.3, -0.25) is 9.69 Å². The molecule has 3 rings (SSSR count). The van der Waals surface area contributed by atoms with Gasteiger partial charge in [-0.05, 0) is 56.6 Å². The summed E-state index contributed by atoms with van der Waals surface area (Å²) in [6, 6.07) is 10.7. The summed E-state index contributed by atoms with van der Waals surface area (Å²) >= 11 is 0. The second-order valence-corrected chi connectivity index (χ2v) is 7.51. The van der Waals surface area contributed by atoms with Crippen LogP contribution in [0.2, 0.25) is 0 Å². The average Bonchev–Trinajstić information content (AvgIpc) is 3.48. The Morgan fingerprint density at radius 2 is 1.80 bits per heavy atom.